The Hall–Kier alpha value is -2.73. The van der Waals surface area contributed by atoms with E-state index in [2.05, 4.69) is 41.5 Å². The van der Waals surface area contributed by atoms with Crippen LogP contribution in [0.4, 0.5) is 5.13 Å². The standard InChI is InChI=1S/C22H22N4O2S2/c1-17-5-4-6-18(13-17)14-20-16-29-22(24-20)25-9-11-26(12-10-25)30(27,28)21-8-3-2-7-19(21)15-23/h2-8,13,16H,9-12,14H2,1H3. The molecule has 1 aliphatic heterocycles. The van der Waals surface area contributed by atoms with Crippen LogP contribution < -0.4 is 4.90 Å². The lowest BCUT2D eigenvalue weighted by molar-refractivity contribution is 0.384. The Morgan fingerprint density at radius 3 is 2.60 bits per heavy atom. The van der Waals surface area contributed by atoms with Gasteiger partial charge in [-0.05, 0) is 24.6 Å². The zero-order chi connectivity index (χ0) is 21.1. The summed E-state index contributed by atoms with van der Waals surface area (Å²) in [6.45, 7) is 3.97. The van der Waals surface area contributed by atoms with Crippen LogP contribution in [0.1, 0.15) is 22.4 Å². The fourth-order valence-corrected chi connectivity index (χ4v) is 6.04. The third kappa shape index (κ3) is 4.24. The number of benzene rings is 2. The molecule has 8 heteroatoms. The van der Waals surface area contributed by atoms with Crippen molar-refractivity contribution < 1.29 is 8.42 Å². The largest absolute Gasteiger partial charge is 0.345 e. The lowest BCUT2D eigenvalue weighted by Crippen LogP contribution is -2.48. The van der Waals surface area contributed by atoms with Gasteiger partial charge in [0.25, 0.3) is 0 Å². The maximum atomic E-state index is 13.0. The van der Waals surface area contributed by atoms with E-state index in [0.29, 0.717) is 26.2 Å². The van der Waals surface area contributed by atoms with E-state index in [1.54, 1.807) is 23.5 Å². The molecule has 0 spiro atoms. The Labute approximate surface area is 181 Å². The third-order valence-corrected chi connectivity index (χ3v) is 8.05. The monoisotopic (exact) mass is 438 g/mol. The van der Waals surface area contributed by atoms with E-state index in [9.17, 15) is 13.7 Å². The highest BCUT2D eigenvalue weighted by Crippen LogP contribution is 2.26. The summed E-state index contributed by atoms with van der Waals surface area (Å²) in [5.41, 5.74) is 3.68. The van der Waals surface area contributed by atoms with Crippen LogP contribution in [-0.4, -0.2) is 43.9 Å². The van der Waals surface area contributed by atoms with Gasteiger partial charge in [-0.15, -0.1) is 11.3 Å². The fourth-order valence-electron chi connectivity index (χ4n) is 3.60. The van der Waals surface area contributed by atoms with Crippen molar-refractivity contribution in [1.29, 1.82) is 5.26 Å². The van der Waals surface area contributed by atoms with E-state index in [1.807, 2.05) is 6.07 Å². The molecule has 6 nitrogen and oxygen atoms in total. The molecule has 3 aromatic rings. The summed E-state index contributed by atoms with van der Waals surface area (Å²) < 4.78 is 27.4. The molecule has 0 bridgehead atoms. The van der Waals surface area contributed by atoms with Crippen molar-refractivity contribution in [3.8, 4) is 6.07 Å². The van der Waals surface area contributed by atoms with Gasteiger partial charge in [0.2, 0.25) is 10.0 Å². The van der Waals surface area contributed by atoms with Crippen molar-refractivity contribution in [2.24, 2.45) is 0 Å². The molecule has 2 aromatic carbocycles. The molecule has 1 saturated heterocycles. The van der Waals surface area contributed by atoms with Crippen LogP contribution in [-0.2, 0) is 16.4 Å². The van der Waals surface area contributed by atoms with Gasteiger partial charge in [-0.2, -0.15) is 9.57 Å². The third-order valence-electron chi connectivity index (χ3n) is 5.14. The highest BCUT2D eigenvalue weighted by Gasteiger charge is 2.30. The molecule has 0 atom stereocenters. The van der Waals surface area contributed by atoms with Crippen molar-refractivity contribution in [3.63, 3.8) is 0 Å². The minimum atomic E-state index is -3.68. The summed E-state index contributed by atoms with van der Waals surface area (Å²) in [5, 5.41) is 12.2. The number of anilines is 1. The molecule has 0 unspecified atom stereocenters. The van der Waals surface area contributed by atoms with Crippen LogP contribution in [0.25, 0.3) is 0 Å². The zero-order valence-electron chi connectivity index (χ0n) is 16.7. The number of hydrogen-bond donors (Lipinski definition) is 0. The molecule has 0 radical (unpaired) electrons. The van der Waals surface area contributed by atoms with Crippen molar-refractivity contribution in [3.05, 3.63) is 76.3 Å². The number of rotatable bonds is 5. The number of sulfonamides is 1. The minimum Gasteiger partial charge on any atom is -0.345 e. The average Bonchev–Trinajstić information content (AvgIpc) is 3.22. The molecule has 1 aliphatic rings. The number of aromatic nitrogens is 1. The van der Waals surface area contributed by atoms with Gasteiger partial charge < -0.3 is 4.90 Å². The van der Waals surface area contributed by atoms with Gasteiger partial charge in [-0.1, -0.05) is 42.0 Å². The van der Waals surface area contributed by atoms with Gasteiger partial charge >= 0.3 is 0 Å². The average molecular weight is 439 g/mol. The first-order chi connectivity index (χ1) is 14.5. The second-order valence-electron chi connectivity index (χ2n) is 7.29. The minimum absolute atomic E-state index is 0.0793. The fraction of sp³-hybridized carbons (Fsp3) is 0.273. The van der Waals surface area contributed by atoms with Crippen molar-refractivity contribution in [2.45, 2.75) is 18.2 Å². The van der Waals surface area contributed by atoms with Gasteiger partial charge in [0, 0.05) is 38.0 Å². The number of hydrogen-bond acceptors (Lipinski definition) is 6. The highest BCUT2D eigenvalue weighted by molar-refractivity contribution is 7.89. The van der Waals surface area contributed by atoms with Crippen LogP contribution in [0, 0.1) is 18.3 Å². The van der Waals surface area contributed by atoms with Crippen molar-refractivity contribution in [2.75, 3.05) is 31.1 Å². The summed E-state index contributed by atoms with van der Waals surface area (Å²) >= 11 is 1.59. The summed E-state index contributed by atoms with van der Waals surface area (Å²) in [7, 11) is -3.68. The van der Waals surface area contributed by atoms with Gasteiger partial charge in [0.1, 0.15) is 6.07 Å². The van der Waals surface area contributed by atoms with E-state index < -0.39 is 10.0 Å². The first-order valence-electron chi connectivity index (χ1n) is 9.71. The molecule has 1 fully saturated rings. The van der Waals surface area contributed by atoms with Gasteiger partial charge in [-0.25, -0.2) is 13.4 Å². The lowest BCUT2D eigenvalue weighted by Gasteiger charge is -2.33. The molecule has 0 saturated carbocycles. The molecule has 0 amide bonds. The smallest absolute Gasteiger partial charge is 0.244 e. The SMILES string of the molecule is Cc1cccc(Cc2csc(N3CCN(S(=O)(=O)c4ccccc4C#N)CC3)n2)c1. The van der Waals surface area contributed by atoms with Crippen molar-refractivity contribution in [1.82, 2.24) is 9.29 Å². The Morgan fingerprint density at radius 1 is 1.10 bits per heavy atom. The normalized spacial score (nSPS) is 15.1. The van der Waals surface area contributed by atoms with E-state index in [0.717, 1.165) is 17.2 Å². The van der Waals surface area contributed by atoms with Crippen LogP contribution in [0.3, 0.4) is 0 Å². The molecular formula is C22H22N4O2S2. The molecule has 30 heavy (non-hydrogen) atoms. The topological polar surface area (TPSA) is 77.3 Å². The number of nitriles is 1. The molecule has 2 heterocycles. The quantitative estimate of drug-likeness (QED) is 0.610. The Kier molecular flexibility index (Phi) is 5.86. The van der Waals surface area contributed by atoms with Gasteiger partial charge in [0.15, 0.2) is 5.13 Å². The maximum Gasteiger partial charge on any atom is 0.244 e. The molecule has 0 aliphatic carbocycles. The molecular weight excluding hydrogens is 416 g/mol. The highest BCUT2D eigenvalue weighted by atomic mass is 32.2. The Bertz CT molecular complexity index is 1190. The van der Waals surface area contributed by atoms with Crippen molar-refractivity contribution >= 4 is 26.5 Å². The Morgan fingerprint density at radius 2 is 1.87 bits per heavy atom. The molecule has 154 valence electrons. The Balaban J connectivity index is 1.43. The molecule has 1 aromatic heterocycles. The van der Waals surface area contributed by atoms with Crippen LogP contribution in [0.15, 0.2) is 58.8 Å². The first-order valence-corrected chi connectivity index (χ1v) is 12.0. The van der Waals surface area contributed by atoms with Gasteiger partial charge in [-0.3, -0.25) is 0 Å². The van der Waals surface area contributed by atoms with E-state index in [1.165, 1.54) is 27.6 Å². The van der Waals surface area contributed by atoms with E-state index in [4.69, 9.17) is 4.98 Å². The van der Waals surface area contributed by atoms with Crippen LogP contribution in [0.2, 0.25) is 0 Å². The summed E-state index contributed by atoms with van der Waals surface area (Å²) in [6, 6.07) is 16.7. The maximum absolute atomic E-state index is 13.0. The molecule has 0 N–H and O–H groups in total. The van der Waals surface area contributed by atoms with Crippen LogP contribution in [0.5, 0.6) is 0 Å². The van der Waals surface area contributed by atoms with E-state index >= 15 is 0 Å². The predicted molar refractivity (Wildman–Crippen MR) is 118 cm³/mol. The first kappa shape index (κ1) is 20.5. The second-order valence-corrected chi connectivity index (χ2v) is 10.0. The summed E-state index contributed by atoms with van der Waals surface area (Å²) in [4.78, 5) is 6.98. The number of aryl methyl sites for hydroxylation is 1. The molecule has 4 rings (SSSR count). The summed E-state index contributed by atoms with van der Waals surface area (Å²) in [6.07, 6.45) is 0.789. The number of piperazine rings is 1. The predicted octanol–water partition coefficient (Wildman–Crippen LogP) is 3.42. The number of thiazole rings is 1. The zero-order valence-corrected chi connectivity index (χ0v) is 18.3. The number of nitrogens with zero attached hydrogens (tertiary/aromatic N) is 4. The van der Waals surface area contributed by atoms with Crippen LogP contribution >= 0.6 is 11.3 Å². The van der Waals surface area contributed by atoms with E-state index in [-0.39, 0.29) is 10.5 Å². The summed E-state index contributed by atoms with van der Waals surface area (Å²) in [5.74, 6) is 0. The second kappa shape index (κ2) is 8.56. The van der Waals surface area contributed by atoms with Gasteiger partial charge in [0.05, 0.1) is 16.2 Å². The lowest BCUT2D eigenvalue weighted by atomic mass is 10.1.